The molecular weight excluding hydrogens is 310 g/mol. The van der Waals surface area contributed by atoms with E-state index in [1.165, 1.54) is 0 Å². The molecule has 1 N–H and O–H groups in total. The van der Waals surface area contributed by atoms with Crippen LogP contribution in [0.1, 0.15) is 19.8 Å². The van der Waals surface area contributed by atoms with E-state index in [0.29, 0.717) is 31.9 Å². The summed E-state index contributed by atoms with van der Waals surface area (Å²) in [7, 11) is 1.72. The second kappa shape index (κ2) is 6.59. The van der Waals surface area contributed by atoms with Gasteiger partial charge in [-0.1, -0.05) is 6.07 Å². The number of hydrogen-bond acceptors (Lipinski definition) is 4. The molecule has 1 unspecified atom stereocenters. The van der Waals surface area contributed by atoms with Crippen molar-refractivity contribution in [3.63, 3.8) is 0 Å². The third-order valence-electron chi connectivity index (χ3n) is 4.36. The number of likely N-dealkylation sites (N-methyl/N-ethyl adjacent to an activating group) is 1. The van der Waals surface area contributed by atoms with Crippen LogP contribution >= 0.6 is 0 Å². The Kier molecular flexibility index (Phi) is 4.51. The number of carbonyl (C=O) groups is 2. The molecule has 0 radical (unpaired) electrons. The van der Waals surface area contributed by atoms with Crippen LogP contribution in [-0.4, -0.2) is 60.8 Å². The van der Waals surface area contributed by atoms with E-state index < -0.39 is 5.60 Å². The molecule has 1 aromatic rings. The smallest absolute Gasteiger partial charge is 0.410 e. The van der Waals surface area contributed by atoms with Gasteiger partial charge in [0, 0.05) is 25.3 Å². The van der Waals surface area contributed by atoms with Gasteiger partial charge < -0.3 is 24.6 Å². The van der Waals surface area contributed by atoms with Gasteiger partial charge in [0.05, 0.1) is 19.7 Å². The molecule has 2 saturated heterocycles. The number of ether oxygens (including phenoxy) is 2. The predicted molar refractivity (Wildman–Crippen MR) is 89.3 cm³/mol. The van der Waals surface area contributed by atoms with E-state index in [4.69, 9.17) is 9.47 Å². The molecular formula is C17H23N3O4. The fourth-order valence-electron chi connectivity index (χ4n) is 3.31. The fourth-order valence-corrected chi connectivity index (χ4v) is 3.31. The molecule has 3 amide bonds. The number of urea groups is 1. The molecule has 7 nitrogen and oxygen atoms in total. The molecule has 2 aliphatic heterocycles. The van der Waals surface area contributed by atoms with Gasteiger partial charge in [-0.05, 0) is 31.9 Å². The van der Waals surface area contributed by atoms with Crippen LogP contribution in [0.2, 0.25) is 0 Å². The number of carbonyl (C=O) groups excluding carboxylic acids is 2. The minimum absolute atomic E-state index is 0.187. The lowest BCUT2D eigenvalue weighted by atomic mass is 9.93. The van der Waals surface area contributed by atoms with Crippen molar-refractivity contribution in [1.82, 2.24) is 9.80 Å². The normalized spacial score (nSPS) is 23.3. The molecule has 1 atom stereocenters. The number of rotatable bonds is 3. The van der Waals surface area contributed by atoms with E-state index >= 15 is 0 Å². The van der Waals surface area contributed by atoms with Crippen molar-refractivity contribution in [2.75, 3.05) is 38.6 Å². The lowest BCUT2D eigenvalue weighted by Gasteiger charge is -2.38. The minimum atomic E-state index is -0.575. The summed E-state index contributed by atoms with van der Waals surface area (Å²) in [4.78, 5) is 27.5. The van der Waals surface area contributed by atoms with Crippen LogP contribution in [0.25, 0.3) is 0 Å². The first kappa shape index (κ1) is 16.4. The summed E-state index contributed by atoms with van der Waals surface area (Å²) in [6.07, 6.45) is 1.28. The monoisotopic (exact) mass is 333 g/mol. The van der Waals surface area contributed by atoms with E-state index in [9.17, 15) is 9.59 Å². The van der Waals surface area contributed by atoms with Gasteiger partial charge in [0.1, 0.15) is 11.4 Å². The lowest BCUT2D eigenvalue weighted by Crippen LogP contribution is -2.53. The highest BCUT2D eigenvalue weighted by Gasteiger charge is 2.47. The summed E-state index contributed by atoms with van der Waals surface area (Å²) in [6.45, 7) is 4.08. The third kappa shape index (κ3) is 3.39. The molecule has 2 aliphatic rings. The van der Waals surface area contributed by atoms with Gasteiger partial charge in [-0.15, -0.1) is 0 Å². The molecule has 3 rings (SSSR count). The molecule has 0 aromatic heterocycles. The molecule has 130 valence electrons. The molecule has 2 heterocycles. The van der Waals surface area contributed by atoms with Crippen molar-refractivity contribution in [2.45, 2.75) is 25.4 Å². The number of hydrogen-bond donors (Lipinski definition) is 1. The summed E-state index contributed by atoms with van der Waals surface area (Å²) >= 11 is 0. The molecule has 0 aliphatic carbocycles. The number of nitrogens with zero attached hydrogens (tertiary/aromatic N) is 2. The summed E-state index contributed by atoms with van der Waals surface area (Å²) in [5, 5.41) is 2.89. The Labute approximate surface area is 141 Å². The average Bonchev–Trinajstić information content (AvgIpc) is 2.81. The Morgan fingerprint density at radius 3 is 2.96 bits per heavy atom. The van der Waals surface area contributed by atoms with E-state index in [1.54, 1.807) is 22.9 Å². The Morgan fingerprint density at radius 2 is 2.25 bits per heavy atom. The third-order valence-corrected chi connectivity index (χ3v) is 4.36. The van der Waals surface area contributed by atoms with Crippen molar-refractivity contribution < 1.29 is 19.1 Å². The zero-order valence-corrected chi connectivity index (χ0v) is 14.1. The lowest BCUT2D eigenvalue weighted by molar-refractivity contribution is 0.00497. The van der Waals surface area contributed by atoms with Gasteiger partial charge in [0.2, 0.25) is 0 Å². The molecule has 0 saturated carbocycles. The minimum Gasteiger partial charge on any atom is -0.494 e. The van der Waals surface area contributed by atoms with Crippen LogP contribution in [0.4, 0.5) is 15.3 Å². The first-order valence-corrected chi connectivity index (χ1v) is 8.24. The second-order valence-corrected chi connectivity index (χ2v) is 6.32. The highest BCUT2D eigenvalue weighted by molar-refractivity contribution is 5.89. The number of anilines is 1. The van der Waals surface area contributed by atoms with Crippen LogP contribution < -0.4 is 10.1 Å². The van der Waals surface area contributed by atoms with Crippen LogP contribution in [0.15, 0.2) is 24.3 Å². The molecule has 1 aromatic carbocycles. The Hall–Kier alpha value is -2.44. The Bertz CT molecular complexity index is 636. The first-order chi connectivity index (χ1) is 11.5. The highest BCUT2D eigenvalue weighted by atomic mass is 16.6. The second-order valence-electron chi connectivity index (χ2n) is 6.32. The number of nitrogens with one attached hydrogen (secondary N) is 1. The number of amides is 3. The van der Waals surface area contributed by atoms with E-state index in [-0.39, 0.29) is 12.1 Å². The van der Waals surface area contributed by atoms with Crippen LogP contribution in [0.5, 0.6) is 5.75 Å². The van der Waals surface area contributed by atoms with Gasteiger partial charge in [-0.2, -0.15) is 0 Å². The topological polar surface area (TPSA) is 71.1 Å². The van der Waals surface area contributed by atoms with Crippen molar-refractivity contribution in [3.05, 3.63) is 24.3 Å². The summed E-state index contributed by atoms with van der Waals surface area (Å²) in [6, 6.07) is 7.12. The van der Waals surface area contributed by atoms with Gasteiger partial charge in [-0.3, -0.25) is 0 Å². The van der Waals surface area contributed by atoms with Gasteiger partial charge in [-0.25, -0.2) is 9.59 Å². The average molecular weight is 333 g/mol. The fraction of sp³-hybridized carbons (Fsp3) is 0.529. The number of likely N-dealkylation sites (tertiary alicyclic amines) is 1. The number of piperidine rings is 1. The SMILES string of the molecule is CCOc1cccc(NC(=O)N2CCCC3(CN(C)C(=O)O3)C2)c1. The van der Waals surface area contributed by atoms with Gasteiger partial charge in [0.25, 0.3) is 0 Å². The zero-order valence-electron chi connectivity index (χ0n) is 14.1. The quantitative estimate of drug-likeness (QED) is 0.923. The highest BCUT2D eigenvalue weighted by Crippen LogP contribution is 2.31. The molecule has 2 fully saturated rings. The number of benzene rings is 1. The predicted octanol–water partition coefficient (Wildman–Crippen LogP) is 2.53. The standard InChI is InChI=1S/C17H23N3O4/c1-3-23-14-7-4-6-13(10-14)18-15(21)20-9-5-8-17(12-20)11-19(2)16(22)24-17/h4,6-7,10H,3,5,8-9,11-12H2,1-2H3,(H,18,21). The van der Waals surface area contributed by atoms with Crippen LogP contribution in [0, 0.1) is 0 Å². The first-order valence-electron chi connectivity index (χ1n) is 8.24. The zero-order chi connectivity index (χ0) is 17.2. The molecule has 1 spiro atoms. The maximum absolute atomic E-state index is 12.6. The largest absolute Gasteiger partial charge is 0.494 e. The van der Waals surface area contributed by atoms with Crippen molar-refractivity contribution in [3.8, 4) is 5.75 Å². The van der Waals surface area contributed by atoms with Gasteiger partial charge in [0.15, 0.2) is 0 Å². The molecule has 24 heavy (non-hydrogen) atoms. The van der Waals surface area contributed by atoms with Crippen molar-refractivity contribution >= 4 is 17.8 Å². The summed E-state index contributed by atoms with van der Waals surface area (Å²) in [5.74, 6) is 0.719. The van der Waals surface area contributed by atoms with Crippen LogP contribution in [-0.2, 0) is 4.74 Å². The summed E-state index contributed by atoms with van der Waals surface area (Å²) < 4.78 is 11.0. The Morgan fingerprint density at radius 1 is 1.42 bits per heavy atom. The summed E-state index contributed by atoms with van der Waals surface area (Å²) in [5.41, 5.74) is 0.111. The van der Waals surface area contributed by atoms with E-state index in [2.05, 4.69) is 5.32 Å². The van der Waals surface area contributed by atoms with E-state index in [0.717, 1.165) is 18.6 Å². The maximum atomic E-state index is 12.6. The van der Waals surface area contributed by atoms with Crippen LogP contribution in [0.3, 0.4) is 0 Å². The van der Waals surface area contributed by atoms with Crippen molar-refractivity contribution in [2.24, 2.45) is 0 Å². The van der Waals surface area contributed by atoms with Crippen molar-refractivity contribution in [1.29, 1.82) is 0 Å². The molecule has 0 bridgehead atoms. The van der Waals surface area contributed by atoms with E-state index in [1.807, 2.05) is 25.1 Å². The molecule has 7 heteroatoms. The van der Waals surface area contributed by atoms with Gasteiger partial charge >= 0.3 is 12.1 Å². The maximum Gasteiger partial charge on any atom is 0.410 e. The Balaban J connectivity index is 1.65.